The predicted molar refractivity (Wildman–Crippen MR) is 46.0 cm³/mol. The van der Waals surface area contributed by atoms with Crippen LogP contribution in [0.1, 0.15) is 11.6 Å². The number of carbonyl (C=O) groups is 1. The number of halogens is 2. The fraction of sp³-hybridized carbons (Fsp3) is 0.125. The van der Waals surface area contributed by atoms with Gasteiger partial charge in [-0.15, -0.1) is 0 Å². The Bertz CT molecular complexity index is 323. The molecule has 0 aliphatic heterocycles. The van der Waals surface area contributed by atoms with Gasteiger partial charge in [0, 0.05) is 10.6 Å². The fourth-order valence-electron chi connectivity index (χ4n) is 0.931. The van der Waals surface area contributed by atoms with Crippen molar-refractivity contribution in [2.75, 3.05) is 0 Å². The van der Waals surface area contributed by atoms with E-state index in [0.29, 0.717) is 0 Å². The number of carboxylic acids is 1. The SMILES string of the molecule is NC(C(=O)O)c1c(F)cccc1Cl. The second-order valence-corrected chi connectivity index (χ2v) is 2.86. The molecule has 3 N–H and O–H groups in total. The van der Waals surface area contributed by atoms with Crippen LogP contribution in [0.2, 0.25) is 5.02 Å². The van der Waals surface area contributed by atoms with Gasteiger partial charge in [-0.3, -0.25) is 4.79 Å². The number of benzene rings is 1. The van der Waals surface area contributed by atoms with Crippen molar-refractivity contribution >= 4 is 17.6 Å². The normalized spacial score (nSPS) is 12.5. The molecular weight excluding hydrogens is 197 g/mol. The van der Waals surface area contributed by atoms with Gasteiger partial charge in [0.2, 0.25) is 0 Å². The molecule has 1 aromatic rings. The highest BCUT2D eigenvalue weighted by atomic mass is 35.5. The molecule has 13 heavy (non-hydrogen) atoms. The highest BCUT2D eigenvalue weighted by molar-refractivity contribution is 6.31. The Hall–Kier alpha value is -1.13. The van der Waals surface area contributed by atoms with Crippen molar-refractivity contribution in [3.05, 3.63) is 34.6 Å². The lowest BCUT2D eigenvalue weighted by molar-refractivity contribution is -0.138. The van der Waals surface area contributed by atoms with E-state index in [2.05, 4.69) is 0 Å². The van der Waals surface area contributed by atoms with Crippen LogP contribution in [0.3, 0.4) is 0 Å². The summed E-state index contributed by atoms with van der Waals surface area (Å²) in [6.07, 6.45) is 0. The van der Waals surface area contributed by atoms with Crippen LogP contribution in [0.4, 0.5) is 4.39 Å². The molecule has 0 fully saturated rings. The van der Waals surface area contributed by atoms with E-state index in [0.717, 1.165) is 6.07 Å². The van der Waals surface area contributed by atoms with Gasteiger partial charge in [-0.05, 0) is 12.1 Å². The van der Waals surface area contributed by atoms with E-state index in [9.17, 15) is 9.18 Å². The van der Waals surface area contributed by atoms with E-state index >= 15 is 0 Å². The van der Waals surface area contributed by atoms with E-state index in [1.165, 1.54) is 12.1 Å². The smallest absolute Gasteiger partial charge is 0.325 e. The maximum Gasteiger partial charge on any atom is 0.325 e. The molecule has 0 aliphatic carbocycles. The van der Waals surface area contributed by atoms with Crippen molar-refractivity contribution in [3.8, 4) is 0 Å². The van der Waals surface area contributed by atoms with E-state index in [-0.39, 0.29) is 10.6 Å². The Morgan fingerprint density at radius 3 is 2.69 bits per heavy atom. The summed E-state index contributed by atoms with van der Waals surface area (Å²) >= 11 is 5.59. The average Bonchev–Trinajstić information content (AvgIpc) is 2.03. The summed E-state index contributed by atoms with van der Waals surface area (Å²) in [5.41, 5.74) is 5.03. The van der Waals surface area contributed by atoms with E-state index in [4.69, 9.17) is 22.4 Å². The third-order valence-corrected chi connectivity index (χ3v) is 1.91. The molecule has 0 spiro atoms. The standard InChI is InChI=1S/C8H7ClFNO2/c9-4-2-1-3-5(10)6(4)7(11)8(12)13/h1-3,7H,11H2,(H,12,13). The molecule has 0 aromatic heterocycles. The Balaban J connectivity index is 3.20. The quantitative estimate of drug-likeness (QED) is 0.767. The minimum absolute atomic E-state index is 0.0231. The lowest BCUT2D eigenvalue weighted by Gasteiger charge is -2.09. The second-order valence-electron chi connectivity index (χ2n) is 2.45. The molecule has 0 amide bonds. The van der Waals surface area contributed by atoms with Gasteiger partial charge in [-0.25, -0.2) is 4.39 Å². The highest BCUT2D eigenvalue weighted by Gasteiger charge is 2.20. The van der Waals surface area contributed by atoms with Gasteiger partial charge in [-0.1, -0.05) is 17.7 Å². The average molecular weight is 204 g/mol. The molecule has 0 saturated carbocycles. The predicted octanol–water partition coefficient (Wildman–Crippen LogP) is 1.56. The van der Waals surface area contributed by atoms with Crippen molar-refractivity contribution in [2.45, 2.75) is 6.04 Å². The monoisotopic (exact) mass is 203 g/mol. The van der Waals surface area contributed by atoms with Gasteiger partial charge in [-0.2, -0.15) is 0 Å². The van der Waals surface area contributed by atoms with Gasteiger partial charge < -0.3 is 10.8 Å². The largest absolute Gasteiger partial charge is 0.480 e. The van der Waals surface area contributed by atoms with Crippen LogP contribution in [-0.4, -0.2) is 11.1 Å². The number of rotatable bonds is 2. The first-order valence-electron chi connectivity index (χ1n) is 3.46. The number of nitrogens with two attached hydrogens (primary N) is 1. The van der Waals surface area contributed by atoms with Gasteiger partial charge in [0.15, 0.2) is 0 Å². The second kappa shape index (κ2) is 3.72. The summed E-state index contributed by atoms with van der Waals surface area (Å²) in [6.45, 7) is 0. The molecule has 0 heterocycles. The van der Waals surface area contributed by atoms with Crippen molar-refractivity contribution in [2.24, 2.45) is 5.73 Å². The molecule has 1 aromatic carbocycles. The summed E-state index contributed by atoms with van der Waals surface area (Å²) in [5.74, 6) is -2.02. The Labute approximate surface area is 78.9 Å². The van der Waals surface area contributed by atoms with Gasteiger partial charge >= 0.3 is 5.97 Å². The zero-order valence-corrected chi connectivity index (χ0v) is 7.25. The first kappa shape index (κ1) is 9.95. The van der Waals surface area contributed by atoms with Crippen LogP contribution in [0, 0.1) is 5.82 Å². The first-order valence-corrected chi connectivity index (χ1v) is 3.84. The summed E-state index contributed by atoms with van der Waals surface area (Å²) in [4.78, 5) is 10.5. The lowest BCUT2D eigenvalue weighted by atomic mass is 10.1. The highest BCUT2D eigenvalue weighted by Crippen LogP contribution is 2.24. The molecule has 0 radical (unpaired) electrons. The van der Waals surface area contributed by atoms with Gasteiger partial charge in [0.25, 0.3) is 0 Å². The molecular formula is C8H7ClFNO2. The summed E-state index contributed by atoms with van der Waals surface area (Å²) in [6, 6.07) is 2.47. The van der Waals surface area contributed by atoms with E-state index in [1.807, 2.05) is 0 Å². The third-order valence-electron chi connectivity index (χ3n) is 1.58. The van der Waals surface area contributed by atoms with Crippen LogP contribution < -0.4 is 5.73 Å². The molecule has 1 rings (SSSR count). The van der Waals surface area contributed by atoms with Crippen molar-refractivity contribution < 1.29 is 14.3 Å². The minimum Gasteiger partial charge on any atom is -0.480 e. The summed E-state index contributed by atoms with van der Waals surface area (Å²) in [5, 5.41) is 8.56. The van der Waals surface area contributed by atoms with Gasteiger partial charge in [0.1, 0.15) is 11.9 Å². The molecule has 5 heteroatoms. The molecule has 0 bridgehead atoms. The van der Waals surface area contributed by atoms with Crippen LogP contribution in [0.15, 0.2) is 18.2 Å². The Kier molecular flexibility index (Phi) is 2.85. The number of aliphatic carboxylic acids is 1. The van der Waals surface area contributed by atoms with Crippen molar-refractivity contribution in [1.29, 1.82) is 0 Å². The zero-order valence-electron chi connectivity index (χ0n) is 6.50. The molecule has 0 saturated heterocycles. The van der Waals surface area contributed by atoms with Crippen LogP contribution in [0.5, 0.6) is 0 Å². The maximum absolute atomic E-state index is 13.0. The van der Waals surface area contributed by atoms with Crippen molar-refractivity contribution in [1.82, 2.24) is 0 Å². The molecule has 1 unspecified atom stereocenters. The first-order chi connectivity index (χ1) is 6.04. The van der Waals surface area contributed by atoms with E-state index < -0.39 is 17.8 Å². The lowest BCUT2D eigenvalue weighted by Crippen LogP contribution is -2.22. The summed E-state index contributed by atoms with van der Waals surface area (Å²) in [7, 11) is 0. The zero-order chi connectivity index (χ0) is 10.0. The molecule has 70 valence electrons. The molecule has 1 atom stereocenters. The topological polar surface area (TPSA) is 63.3 Å². The summed E-state index contributed by atoms with van der Waals surface area (Å²) < 4.78 is 13.0. The van der Waals surface area contributed by atoms with Crippen LogP contribution in [0.25, 0.3) is 0 Å². The molecule has 3 nitrogen and oxygen atoms in total. The van der Waals surface area contributed by atoms with Crippen LogP contribution in [-0.2, 0) is 4.79 Å². The third kappa shape index (κ3) is 1.96. The minimum atomic E-state index is -1.42. The maximum atomic E-state index is 13.0. The fourth-order valence-corrected chi connectivity index (χ4v) is 1.21. The Morgan fingerprint density at radius 2 is 2.23 bits per heavy atom. The van der Waals surface area contributed by atoms with E-state index in [1.54, 1.807) is 0 Å². The number of hydrogen-bond donors (Lipinski definition) is 2. The van der Waals surface area contributed by atoms with Crippen LogP contribution >= 0.6 is 11.6 Å². The van der Waals surface area contributed by atoms with Gasteiger partial charge in [0.05, 0.1) is 0 Å². The Morgan fingerprint density at radius 1 is 1.62 bits per heavy atom. The number of hydrogen-bond acceptors (Lipinski definition) is 2. The molecule has 0 aliphatic rings. The number of carboxylic acid groups (broad SMARTS) is 1. The van der Waals surface area contributed by atoms with Crippen molar-refractivity contribution in [3.63, 3.8) is 0 Å².